The number of rotatable bonds is 7. The average Bonchev–Trinajstić information content (AvgIpc) is 3.08. The predicted octanol–water partition coefficient (Wildman–Crippen LogP) is 3.00. The van der Waals surface area contributed by atoms with Gasteiger partial charge >= 0.3 is 0 Å². The van der Waals surface area contributed by atoms with Gasteiger partial charge in [0.15, 0.2) is 11.6 Å². The first-order chi connectivity index (χ1) is 10.9. The maximum Gasteiger partial charge on any atom is 0.226 e. The van der Waals surface area contributed by atoms with Crippen molar-refractivity contribution in [2.45, 2.75) is 65.2 Å². The zero-order valence-corrected chi connectivity index (χ0v) is 14.3. The number of H-pyrrole nitrogens is 1. The molecule has 23 heavy (non-hydrogen) atoms. The molecule has 2 N–H and O–H groups in total. The fourth-order valence-corrected chi connectivity index (χ4v) is 2.09. The summed E-state index contributed by atoms with van der Waals surface area (Å²) in [5.41, 5.74) is 0.964. The Hall–Kier alpha value is -2.18. The summed E-state index contributed by atoms with van der Waals surface area (Å²) in [7, 11) is 0. The van der Waals surface area contributed by atoms with Crippen molar-refractivity contribution >= 4 is 11.7 Å². The van der Waals surface area contributed by atoms with Gasteiger partial charge in [-0.05, 0) is 12.8 Å². The van der Waals surface area contributed by atoms with Crippen LogP contribution in [0.2, 0.25) is 0 Å². The van der Waals surface area contributed by atoms with Gasteiger partial charge in [-0.15, -0.1) is 0 Å². The van der Waals surface area contributed by atoms with E-state index in [4.69, 9.17) is 4.52 Å². The lowest BCUT2D eigenvalue weighted by Crippen LogP contribution is -2.12. The Morgan fingerprint density at radius 2 is 2.13 bits per heavy atom. The first-order valence-corrected chi connectivity index (χ1v) is 8.05. The van der Waals surface area contributed by atoms with Crippen molar-refractivity contribution < 1.29 is 9.32 Å². The van der Waals surface area contributed by atoms with Crippen LogP contribution in [0.5, 0.6) is 0 Å². The van der Waals surface area contributed by atoms with Crippen molar-refractivity contribution in [3.8, 4) is 0 Å². The minimum Gasteiger partial charge on any atom is -0.339 e. The van der Waals surface area contributed by atoms with Gasteiger partial charge in [0.1, 0.15) is 0 Å². The van der Waals surface area contributed by atoms with E-state index in [1.54, 1.807) is 0 Å². The van der Waals surface area contributed by atoms with E-state index in [1.807, 2.05) is 6.07 Å². The molecule has 0 saturated heterocycles. The third kappa shape index (κ3) is 5.19. The number of carbonyl (C=O) groups is 1. The molecule has 0 atom stereocenters. The third-order valence-electron chi connectivity index (χ3n) is 3.43. The highest BCUT2D eigenvalue weighted by molar-refractivity contribution is 5.89. The summed E-state index contributed by atoms with van der Waals surface area (Å²) < 4.78 is 5.15. The van der Waals surface area contributed by atoms with Crippen molar-refractivity contribution in [3.63, 3.8) is 0 Å². The van der Waals surface area contributed by atoms with Crippen LogP contribution in [0.3, 0.4) is 0 Å². The second-order valence-electron chi connectivity index (χ2n) is 6.67. The smallest absolute Gasteiger partial charge is 0.226 e. The van der Waals surface area contributed by atoms with E-state index in [2.05, 4.69) is 53.3 Å². The third-order valence-corrected chi connectivity index (χ3v) is 3.43. The molecule has 0 radical (unpaired) electrons. The molecular formula is C16H25N5O2. The molecular weight excluding hydrogens is 294 g/mol. The molecule has 0 bridgehead atoms. The summed E-state index contributed by atoms with van der Waals surface area (Å²) in [5, 5.41) is 13.8. The number of nitrogens with one attached hydrogen (secondary N) is 2. The van der Waals surface area contributed by atoms with Crippen LogP contribution in [-0.2, 0) is 23.1 Å². The second-order valence-corrected chi connectivity index (χ2v) is 6.67. The van der Waals surface area contributed by atoms with Gasteiger partial charge in [-0.25, -0.2) is 0 Å². The molecule has 0 fully saturated rings. The summed E-state index contributed by atoms with van der Waals surface area (Å²) in [6.07, 6.45) is 3.47. The van der Waals surface area contributed by atoms with E-state index < -0.39 is 0 Å². The molecule has 0 aromatic carbocycles. The topological polar surface area (TPSA) is 96.7 Å². The maximum absolute atomic E-state index is 11.9. The van der Waals surface area contributed by atoms with Crippen molar-refractivity contribution in [1.82, 2.24) is 20.3 Å². The molecule has 1 amide bonds. The van der Waals surface area contributed by atoms with Gasteiger partial charge in [0.25, 0.3) is 0 Å². The summed E-state index contributed by atoms with van der Waals surface area (Å²) in [5.74, 6) is 1.82. The van der Waals surface area contributed by atoms with Gasteiger partial charge in [-0.1, -0.05) is 32.9 Å². The molecule has 0 saturated carbocycles. The van der Waals surface area contributed by atoms with Gasteiger partial charge in [0.2, 0.25) is 11.8 Å². The van der Waals surface area contributed by atoms with Crippen LogP contribution >= 0.6 is 0 Å². The Labute approximate surface area is 136 Å². The number of carbonyl (C=O) groups excluding carboxylic acids is 1. The fourth-order valence-electron chi connectivity index (χ4n) is 2.09. The van der Waals surface area contributed by atoms with Crippen molar-refractivity contribution in [2.24, 2.45) is 0 Å². The van der Waals surface area contributed by atoms with E-state index in [-0.39, 0.29) is 11.3 Å². The monoisotopic (exact) mass is 319 g/mol. The number of aromatic amines is 1. The maximum atomic E-state index is 11.9. The molecule has 7 heteroatoms. The van der Waals surface area contributed by atoms with Gasteiger partial charge in [0, 0.05) is 36.4 Å². The predicted molar refractivity (Wildman–Crippen MR) is 87.1 cm³/mol. The minimum absolute atomic E-state index is 0.0237. The van der Waals surface area contributed by atoms with Crippen molar-refractivity contribution in [2.75, 3.05) is 5.32 Å². The number of anilines is 1. The normalized spacial score (nSPS) is 11.7. The number of hydrogen-bond donors (Lipinski definition) is 2. The minimum atomic E-state index is -0.0646. The SMILES string of the molecule is CCCc1noc(CCCC(=O)Nc2cc(C(C)(C)C)[nH]n2)n1. The van der Waals surface area contributed by atoms with Gasteiger partial charge in [-0.3, -0.25) is 9.89 Å². The largest absolute Gasteiger partial charge is 0.339 e. The molecule has 126 valence electrons. The lowest BCUT2D eigenvalue weighted by Gasteiger charge is -2.14. The Morgan fingerprint density at radius 3 is 2.78 bits per heavy atom. The van der Waals surface area contributed by atoms with Crippen molar-refractivity contribution in [1.29, 1.82) is 0 Å². The van der Waals surface area contributed by atoms with E-state index in [0.29, 0.717) is 31.0 Å². The highest BCUT2D eigenvalue weighted by Gasteiger charge is 2.17. The van der Waals surface area contributed by atoms with Crippen LogP contribution < -0.4 is 5.32 Å². The van der Waals surface area contributed by atoms with Crippen LogP contribution in [0.1, 0.15) is 64.4 Å². The number of nitrogens with zero attached hydrogens (tertiary/aromatic N) is 3. The molecule has 7 nitrogen and oxygen atoms in total. The van der Waals surface area contributed by atoms with Crippen molar-refractivity contribution in [3.05, 3.63) is 23.5 Å². The van der Waals surface area contributed by atoms with E-state index in [1.165, 1.54) is 0 Å². The lowest BCUT2D eigenvalue weighted by molar-refractivity contribution is -0.116. The molecule has 0 aliphatic heterocycles. The summed E-state index contributed by atoms with van der Waals surface area (Å²) in [6, 6.07) is 1.87. The molecule has 2 aromatic rings. The summed E-state index contributed by atoms with van der Waals surface area (Å²) >= 11 is 0. The molecule has 0 spiro atoms. The first kappa shape index (κ1) is 17.2. The van der Waals surface area contributed by atoms with E-state index in [0.717, 1.165) is 24.4 Å². The quantitative estimate of drug-likeness (QED) is 0.817. The highest BCUT2D eigenvalue weighted by Crippen LogP contribution is 2.22. The van der Waals surface area contributed by atoms with E-state index in [9.17, 15) is 4.79 Å². The van der Waals surface area contributed by atoms with Crippen LogP contribution in [-0.4, -0.2) is 26.2 Å². The highest BCUT2D eigenvalue weighted by atomic mass is 16.5. The van der Waals surface area contributed by atoms with E-state index >= 15 is 0 Å². The molecule has 0 aliphatic carbocycles. The first-order valence-electron chi connectivity index (χ1n) is 8.05. The number of amides is 1. The zero-order chi connectivity index (χ0) is 16.9. The zero-order valence-electron chi connectivity index (χ0n) is 14.3. The van der Waals surface area contributed by atoms with Crippen LogP contribution in [0.25, 0.3) is 0 Å². The Morgan fingerprint density at radius 1 is 1.35 bits per heavy atom. The molecule has 0 unspecified atom stereocenters. The molecule has 0 aliphatic rings. The fraction of sp³-hybridized carbons (Fsp3) is 0.625. The Balaban J connectivity index is 1.75. The number of aryl methyl sites for hydroxylation is 2. The lowest BCUT2D eigenvalue weighted by atomic mass is 9.92. The van der Waals surface area contributed by atoms with Crippen LogP contribution in [0, 0.1) is 0 Å². The van der Waals surface area contributed by atoms with Gasteiger partial charge < -0.3 is 9.84 Å². The Bertz CT molecular complexity index is 639. The number of hydrogen-bond acceptors (Lipinski definition) is 5. The average molecular weight is 319 g/mol. The second kappa shape index (κ2) is 7.39. The molecule has 2 heterocycles. The van der Waals surface area contributed by atoms with Gasteiger partial charge in [0.05, 0.1) is 0 Å². The Kier molecular flexibility index (Phi) is 5.52. The molecule has 2 aromatic heterocycles. The molecule has 2 rings (SSSR count). The number of aromatic nitrogens is 4. The van der Waals surface area contributed by atoms with Crippen LogP contribution in [0.4, 0.5) is 5.82 Å². The van der Waals surface area contributed by atoms with Crippen LogP contribution in [0.15, 0.2) is 10.6 Å². The summed E-state index contributed by atoms with van der Waals surface area (Å²) in [6.45, 7) is 8.33. The standard InChI is InChI=1S/C16H25N5O2/c1-5-7-12-18-15(23-21-12)9-6-8-14(22)17-13-10-11(19-20-13)16(2,3)4/h10H,5-9H2,1-4H3,(H2,17,19,20,22). The van der Waals surface area contributed by atoms with Gasteiger partial charge in [-0.2, -0.15) is 10.1 Å². The summed E-state index contributed by atoms with van der Waals surface area (Å²) in [4.78, 5) is 16.2.